The first-order chi connectivity index (χ1) is 11.1. The number of para-hydroxylation sites is 1. The van der Waals surface area contributed by atoms with E-state index in [0.717, 1.165) is 5.56 Å². The van der Waals surface area contributed by atoms with E-state index >= 15 is 0 Å². The number of nitrogens with one attached hydrogen (secondary N) is 3. The number of hydrogen-bond acceptors (Lipinski definition) is 3. The summed E-state index contributed by atoms with van der Waals surface area (Å²) in [6, 6.07) is 16.7. The van der Waals surface area contributed by atoms with Gasteiger partial charge in [0, 0.05) is 6.54 Å². The molecule has 120 valence electrons. The average Bonchev–Trinajstić information content (AvgIpc) is 2.58. The van der Waals surface area contributed by atoms with Crippen molar-refractivity contribution < 1.29 is 9.53 Å². The molecule has 7 heteroatoms. The zero-order chi connectivity index (χ0) is 16.5. The minimum Gasteiger partial charge on any atom is -0.482 e. The van der Waals surface area contributed by atoms with E-state index in [-0.39, 0.29) is 12.5 Å². The molecule has 0 aromatic heterocycles. The molecule has 0 heterocycles. The number of amides is 1. The first-order valence-corrected chi connectivity index (χ1v) is 7.67. The maximum Gasteiger partial charge on any atom is 0.276 e. The summed E-state index contributed by atoms with van der Waals surface area (Å²) >= 11 is 11.0. The second-order valence-corrected chi connectivity index (χ2v) is 5.38. The molecule has 2 rings (SSSR count). The highest BCUT2D eigenvalue weighted by atomic mass is 35.5. The first kappa shape index (κ1) is 17.1. The van der Waals surface area contributed by atoms with Crippen molar-refractivity contribution >= 4 is 34.8 Å². The number of rotatable bonds is 5. The van der Waals surface area contributed by atoms with Gasteiger partial charge in [0.1, 0.15) is 5.75 Å². The molecule has 0 atom stereocenters. The van der Waals surface area contributed by atoms with Crippen LogP contribution in [0.4, 0.5) is 0 Å². The number of benzene rings is 2. The van der Waals surface area contributed by atoms with Crippen molar-refractivity contribution in [3.63, 3.8) is 0 Å². The van der Waals surface area contributed by atoms with Gasteiger partial charge in [0.25, 0.3) is 5.91 Å². The largest absolute Gasteiger partial charge is 0.482 e. The predicted octanol–water partition coefficient (Wildman–Crippen LogP) is 2.41. The number of hydrogen-bond donors (Lipinski definition) is 3. The fourth-order valence-corrected chi connectivity index (χ4v) is 2.00. The van der Waals surface area contributed by atoms with Gasteiger partial charge in [-0.2, -0.15) is 0 Å². The minimum atomic E-state index is -0.367. The summed E-state index contributed by atoms with van der Waals surface area (Å²) in [5, 5.41) is 3.75. The van der Waals surface area contributed by atoms with E-state index in [0.29, 0.717) is 22.4 Å². The first-order valence-electron chi connectivity index (χ1n) is 6.89. The van der Waals surface area contributed by atoms with Gasteiger partial charge < -0.3 is 10.1 Å². The maximum atomic E-state index is 11.7. The van der Waals surface area contributed by atoms with Crippen molar-refractivity contribution in [3.05, 3.63) is 65.2 Å². The highest BCUT2D eigenvalue weighted by Crippen LogP contribution is 2.22. The molecule has 2 aromatic carbocycles. The molecule has 0 saturated heterocycles. The van der Waals surface area contributed by atoms with Crippen LogP contribution in [0.15, 0.2) is 54.6 Å². The monoisotopic (exact) mass is 349 g/mol. The summed E-state index contributed by atoms with van der Waals surface area (Å²) in [7, 11) is 0. The Morgan fingerprint density at radius 1 is 1.04 bits per heavy atom. The van der Waals surface area contributed by atoms with Crippen LogP contribution in [0.3, 0.4) is 0 Å². The minimum absolute atomic E-state index is 0.169. The molecule has 0 saturated carbocycles. The highest BCUT2D eigenvalue weighted by Gasteiger charge is 2.05. The van der Waals surface area contributed by atoms with Crippen molar-refractivity contribution in [2.75, 3.05) is 6.61 Å². The Labute approximate surface area is 145 Å². The summed E-state index contributed by atoms with van der Waals surface area (Å²) in [6.45, 7) is 0.400. The zero-order valence-electron chi connectivity index (χ0n) is 12.2. The number of hydrazine groups is 1. The average molecular weight is 350 g/mol. The Bertz CT molecular complexity index is 667. The molecule has 5 nitrogen and oxygen atoms in total. The van der Waals surface area contributed by atoms with Crippen molar-refractivity contribution in [2.24, 2.45) is 0 Å². The van der Waals surface area contributed by atoms with Crippen LogP contribution in [-0.4, -0.2) is 17.6 Å². The fourth-order valence-electron chi connectivity index (χ4n) is 1.69. The Kier molecular flexibility index (Phi) is 6.65. The summed E-state index contributed by atoms with van der Waals surface area (Å²) in [4.78, 5) is 11.7. The van der Waals surface area contributed by atoms with E-state index < -0.39 is 0 Å². The lowest BCUT2D eigenvalue weighted by Gasteiger charge is -2.12. The van der Waals surface area contributed by atoms with E-state index in [9.17, 15) is 4.79 Å². The van der Waals surface area contributed by atoms with Gasteiger partial charge >= 0.3 is 0 Å². The maximum absolute atomic E-state index is 11.7. The standard InChI is InChI=1S/C16H16ClN3O2S/c17-13-8-4-5-9-14(13)22-11-15(21)19-20-16(23)18-10-12-6-2-1-3-7-12/h1-9H,10-11H2,(H,19,21)(H2,18,20,23). The Hall–Kier alpha value is -2.31. The van der Waals surface area contributed by atoms with Crippen LogP contribution in [0.5, 0.6) is 5.75 Å². The van der Waals surface area contributed by atoms with Crippen LogP contribution >= 0.6 is 23.8 Å². The number of carbonyl (C=O) groups excluding carboxylic acids is 1. The molecule has 0 aliphatic rings. The normalized spacial score (nSPS) is 9.78. The van der Waals surface area contributed by atoms with Crippen LogP contribution in [0.2, 0.25) is 5.02 Å². The molecule has 23 heavy (non-hydrogen) atoms. The summed E-state index contributed by atoms with van der Waals surface area (Å²) in [6.07, 6.45) is 0. The Morgan fingerprint density at radius 3 is 2.48 bits per heavy atom. The topological polar surface area (TPSA) is 62.4 Å². The van der Waals surface area contributed by atoms with Crippen molar-refractivity contribution in [2.45, 2.75) is 6.54 Å². The van der Waals surface area contributed by atoms with E-state index in [2.05, 4.69) is 16.2 Å². The van der Waals surface area contributed by atoms with Crippen LogP contribution in [0, 0.1) is 0 Å². The number of carbonyl (C=O) groups is 1. The van der Waals surface area contributed by atoms with Crippen molar-refractivity contribution in [1.82, 2.24) is 16.2 Å². The summed E-state index contributed by atoms with van der Waals surface area (Å²) < 4.78 is 5.31. The van der Waals surface area contributed by atoms with Gasteiger partial charge in [-0.1, -0.05) is 54.1 Å². The van der Waals surface area contributed by atoms with E-state index in [1.807, 2.05) is 30.3 Å². The third-order valence-corrected chi connectivity index (χ3v) is 3.37. The predicted molar refractivity (Wildman–Crippen MR) is 94.1 cm³/mol. The highest BCUT2D eigenvalue weighted by molar-refractivity contribution is 7.80. The number of thiocarbonyl (C=S) groups is 1. The molecule has 0 radical (unpaired) electrons. The van der Waals surface area contributed by atoms with Crippen LogP contribution in [-0.2, 0) is 11.3 Å². The second kappa shape index (κ2) is 8.97. The molecule has 0 aliphatic carbocycles. The van der Waals surface area contributed by atoms with Gasteiger partial charge in [0.05, 0.1) is 5.02 Å². The van der Waals surface area contributed by atoms with Gasteiger partial charge in [0.15, 0.2) is 11.7 Å². The third kappa shape index (κ3) is 6.14. The third-order valence-electron chi connectivity index (χ3n) is 2.81. The molecule has 2 aromatic rings. The second-order valence-electron chi connectivity index (χ2n) is 4.56. The summed E-state index contributed by atoms with van der Waals surface area (Å²) in [5.74, 6) is 0.0860. The number of halogens is 1. The van der Waals surface area contributed by atoms with Crippen molar-refractivity contribution in [1.29, 1.82) is 0 Å². The molecule has 1 amide bonds. The molecule has 0 spiro atoms. The van der Waals surface area contributed by atoms with Gasteiger partial charge in [-0.25, -0.2) is 0 Å². The summed E-state index contributed by atoms with van der Waals surface area (Å²) in [5.41, 5.74) is 6.15. The molecular formula is C16H16ClN3O2S. The molecule has 0 unspecified atom stereocenters. The van der Waals surface area contributed by atoms with E-state index in [1.165, 1.54) is 0 Å². The lowest BCUT2D eigenvalue weighted by Crippen LogP contribution is -2.48. The van der Waals surface area contributed by atoms with E-state index in [1.54, 1.807) is 24.3 Å². The number of ether oxygens (including phenoxy) is 1. The smallest absolute Gasteiger partial charge is 0.276 e. The van der Waals surface area contributed by atoms with Gasteiger partial charge in [-0.15, -0.1) is 0 Å². The fraction of sp³-hybridized carbons (Fsp3) is 0.125. The zero-order valence-corrected chi connectivity index (χ0v) is 13.8. The van der Waals surface area contributed by atoms with Crippen LogP contribution < -0.4 is 20.9 Å². The van der Waals surface area contributed by atoms with Gasteiger partial charge in [-0.3, -0.25) is 15.6 Å². The molecule has 3 N–H and O–H groups in total. The Balaban J connectivity index is 1.66. The molecular weight excluding hydrogens is 334 g/mol. The molecule has 0 aliphatic heterocycles. The van der Waals surface area contributed by atoms with E-state index in [4.69, 9.17) is 28.6 Å². The Morgan fingerprint density at radius 2 is 1.74 bits per heavy atom. The van der Waals surface area contributed by atoms with Crippen molar-refractivity contribution in [3.8, 4) is 5.75 Å². The lowest BCUT2D eigenvalue weighted by atomic mass is 10.2. The van der Waals surface area contributed by atoms with Gasteiger partial charge in [-0.05, 0) is 29.9 Å². The van der Waals surface area contributed by atoms with Gasteiger partial charge in [0.2, 0.25) is 0 Å². The SMILES string of the molecule is O=C(COc1ccccc1Cl)NNC(=S)NCc1ccccc1. The lowest BCUT2D eigenvalue weighted by molar-refractivity contribution is -0.123. The van der Waals surface area contributed by atoms with Crippen LogP contribution in [0.25, 0.3) is 0 Å². The molecule has 0 bridgehead atoms. The quantitative estimate of drug-likeness (QED) is 0.571. The molecule has 0 fully saturated rings. The van der Waals surface area contributed by atoms with Crippen LogP contribution in [0.1, 0.15) is 5.56 Å².